The maximum absolute atomic E-state index is 11.8. The van der Waals surface area contributed by atoms with Gasteiger partial charge in [0, 0.05) is 0 Å². The van der Waals surface area contributed by atoms with Gasteiger partial charge in [0.2, 0.25) is 0 Å². The molecule has 0 saturated carbocycles. The first-order valence-electron chi connectivity index (χ1n) is 7.48. The Labute approximate surface area is 137 Å². The van der Waals surface area contributed by atoms with Crippen LogP contribution in [0.2, 0.25) is 0 Å². The van der Waals surface area contributed by atoms with Crippen LogP contribution < -0.4 is 5.32 Å². The summed E-state index contributed by atoms with van der Waals surface area (Å²) in [5, 5.41) is 2.64. The quantitative estimate of drug-likeness (QED) is 0.781. The number of amides is 1. The average Bonchev–Trinajstić information content (AvgIpc) is 2.46. The zero-order valence-corrected chi connectivity index (χ0v) is 14.1. The van der Waals surface area contributed by atoms with Crippen LogP contribution in [0, 0.1) is 0 Å². The molecule has 0 unspecified atom stereocenters. The van der Waals surface area contributed by atoms with Crippen LogP contribution in [0.1, 0.15) is 32.8 Å². The summed E-state index contributed by atoms with van der Waals surface area (Å²) < 4.78 is 15.4. The number of benzene rings is 1. The molecule has 0 fully saturated rings. The lowest BCUT2D eigenvalue weighted by molar-refractivity contribution is -0.141. The maximum atomic E-state index is 11.8. The number of carbonyl (C=O) groups excluding carboxylic acids is 2. The SMILES string of the molecule is COC(=O)C[C@H](COCc1ccccc1)NC(=O)OC(C)(C)C. The van der Waals surface area contributed by atoms with Gasteiger partial charge in [0.15, 0.2) is 0 Å². The Morgan fingerprint density at radius 3 is 2.39 bits per heavy atom. The van der Waals surface area contributed by atoms with E-state index in [9.17, 15) is 9.59 Å². The number of carbonyl (C=O) groups is 2. The molecular weight excluding hydrogens is 298 g/mol. The van der Waals surface area contributed by atoms with Gasteiger partial charge in [-0.1, -0.05) is 30.3 Å². The number of nitrogens with one attached hydrogen (secondary N) is 1. The van der Waals surface area contributed by atoms with E-state index in [0.717, 1.165) is 5.56 Å². The summed E-state index contributed by atoms with van der Waals surface area (Å²) in [6.45, 7) is 5.90. The predicted molar refractivity (Wildman–Crippen MR) is 85.9 cm³/mol. The number of esters is 1. The standard InChI is InChI=1S/C17H25NO5/c1-17(2,3)23-16(20)18-14(10-15(19)21-4)12-22-11-13-8-6-5-7-9-13/h5-9,14H,10-12H2,1-4H3,(H,18,20)/t14-/m1/s1. The van der Waals surface area contributed by atoms with Crippen molar-refractivity contribution >= 4 is 12.1 Å². The molecule has 6 nitrogen and oxygen atoms in total. The molecule has 1 aromatic rings. The van der Waals surface area contributed by atoms with Crippen molar-refractivity contribution in [1.82, 2.24) is 5.32 Å². The molecule has 0 aliphatic rings. The zero-order valence-electron chi connectivity index (χ0n) is 14.1. The number of methoxy groups -OCH3 is 1. The van der Waals surface area contributed by atoms with Crippen molar-refractivity contribution in [3.8, 4) is 0 Å². The van der Waals surface area contributed by atoms with Gasteiger partial charge in [-0.15, -0.1) is 0 Å². The van der Waals surface area contributed by atoms with Crippen molar-refractivity contribution in [2.24, 2.45) is 0 Å². The Morgan fingerprint density at radius 1 is 1.17 bits per heavy atom. The normalized spacial score (nSPS) is 12.3. The highest BCUT2D eigenvalue weighted by molar-refractivity contribution is 5.72. The molecule has 0 spiro atoms. The molecule has 6 heteroatoms. The first-order valence-corrected chi connectivity index (χ1v) is 7.48. The third-order valence-electron chi connectivity index (χ3n) is 2.79. The fourth-order valence-corrected chi connectivity index (χ4v) is 1.80. The Morgan fingerprint density at radius 2 is 1.83 bits per heavy atom. The molecule has 23 heavy (non-hydrogen) atoms. The fourth-order valence-electron chi connectivity index (χ4n) is 1.80. The van der Waals surface area contributed by atoms with Crippen LogP contribution in [0.25, 0.3) is 0 Å². The van der Waals surface area contributed by atoms with Crippen LogP contribution >= 0.6 is 0 Å². The second-order valence-electron chi connectivity index (χ2n) is 6.12. The highest BCUT2D eigenvalue weighted by atomic mass is 16.6. The largest absolute Gasteiger partial charge is 0.469 e. The van der Waals surface area contributed by atoms with Crippen molar-refractivity contribution in [2.75, 3.05) is 13.7 Å². The number of hydrogen-bond acceptors (Lipinski definition) is 5. The van der Waals surface area contributed by atoms with Gasteiger partial charge in [-0.25, -0.2) is 4.79 Å². The summed E-state index contributed by atoms with van der Waals surface area (Å²) in [5.41, 5.74) is 0.409. The molecule has 1 rings (SSSR count). The van der Waals surface area contributed by atoms with Gasteiger partial charge in [0.05, 0.1) is 32.8 Å². The van der Waals surface area contributed by atoms with E-state index in [1.54, 1.807) is 20.8 Å². The summed E-state index contributed by atoms with van der Waals surface area (Å²) in [7, 11) is 1.30. The van der Waals surface area contributed by atoms with E-state index < -0.39 is 23.7 Å². The smallest absolute Gasteiger partial charge is 0.407 e. The van der Waals surface area contributed by atoms with Crippen molar-refractivity contribution in [3.05, 3.63) is 35.9 Å². The minimum absolute atomic E-state index is 0.0184. The van der Waals surface area contributed by atoms with E-state index in [-0.39, 0.29) is 13.0 Å². The monoisotopic (exact) mass is 323 g/mol. The summed E-state index contributed by atoms with van der Waals surface area (Å²) >= 11 is 0. The van der Waals surface area contributed by atoms with Crippen LogP contribution in [-0.4, -0.2) is 37.4 Å². The second-order valence-corrected chi connectivity index (χ2v) is 6.12. The minimum Gasteiger partial charge on any atom is -0.469 e. The van der Waals surface area contributed by atoms with Crippen molar-refractivity contribution in [3.63, 3.8) is 0 Å². The lowest BCUT2D eigenvalue weighted by atomic mass is 10.2. The number of alkyl carbamates (subject to hydrolysis) is 1. The van der Waals surface area contributed by atoms with Crippen LogP contribution in [-0.2, 0) is 25.6 Å². The molecular formula is C17H25NO5. The summed E-state index contributed by atoms with van der Waals surface area (Å²) in [4.78, 5) is 23.3. The minimum atomic E-state index is -0.606. The van der Waals surface area contributed by atoms with E-state index in [1.807, 2.05) is 30.3 Å². The molecule has 1 amide bonds. The molecule has 0 aliphatic heterocycles. The molecule has 0 aromatic heterocycles. The van der Waals surface area contributed by atoms with Crippen molar-refractivity contribution in [1.29, 1.82) is 0 Å². The lowest BCUT2D eigenvalue weighted by Gasteiger charge is -2.23. The molecule has 0 aliphatic carbocycles. The van der Waals surface area contributed by atoms with E-state index >= 15 is 0 Å². The first kappa shape index (κ1) is 19.0. The van der Waals surface area contributed by atoms with Gasteiger partial charge >= 0.3 is 12.1 Å². The molecule has 0 radical (unpaired) electrons. The molecule has 1 atom stereocenters. The molecule has 0 saturated heterocycles. The highest BCUT2D eigenvalue weighted by Crippen LogP contribution is 2.08. The Hall–Kier alpha value is -2.08. The van der Waals surface area contributed by atoms with E-state index in [0.29, 0.717) is 6.61 Å². The van der Waals surface area contributed by atoms with Gasteiger partial charge in [-0.05, 0) is 26.3 Å². The molecule has 128 valence electrons. The second kappa shape index (κ2) is 9.15. The van der Waals surface area contributed by atoms with Crippen LogP contribution in [0.3, 0.4) is 0 Å². The average molecular weight is 323 g/mol. The summed E-state index contributed by atoms with van der Waals surface area (Å²) in [6, 6.07) is 9.13. The number of hydrogen-bond donors (Lipinski definition) is 1. The van der Waals surface area contributed by atoms with Gasteiger partial charge in [0.1, 0.15) is 5.60 Å². The molecule has 0 heterocycles. The number of rotatable bonds is 7. The Bertz CT molecular complexity index is 495. The fraction of sp³-hybridized carbons (Fsp3) is 0.529. The predicted octanol–water partition coefficient (Wildman–Crippen LogP) is 2.66. The molecule has 1 N–H and O–H groups in total. The van der Waals surface area contributed by atoms with Crippen LogP contribution in [0.15, 0.2) is 30.3 Å². The first-order chi connectivity index (χ1) is 10.8. The van der Waals surface area contributed by atoms with Gasteiger partial charge in [0.25, 0.3) is 0 Å². The van der Waals surface area contributed by atoms with Crippen LogP contribution in [0.5, 0.6) is 0 Å². The Kier molecular flexibility index (Phi) is 7.54. The van der Waals surface area contributed by atoms with Crippen LogP contribution in [0.4, 0.5) is 4.79 Å². The molecule has 1 aromatic carbocycles. The van der Waals surface area contributed by atoms with Gasteiger partial charge < -0.3 is 19.5 Å². The third-order valence-corrected chi connectivity index (χ3v) is 2.79. The zero-order chi connectivity index (χ0) is 17.3. The van der Waals surface area contributed by atoms with Gasteiger partial charge in [-0.3, -0.25) is 4.79 Å². The highest BCUT2D eigenvalue weighted by Gasteiger charge is 2.21. The molecule has 0 bridgehead atoms. The topological polar surface area (TPSA) is 73.9 Å². The van der Waals surface area contributed by atoms with E-state index in [1.165, 1.54) is 7.11 Å². The summed E-state index contributed by atoms with van der Waals surface area (Å²) in [6.07, 6.45) is -0.570. The third kappa shape index (κ3) is 8.83. The van der Waals surface area contributed by atoms with Crippen molar-refractivity contribution in [2.45, 2.75) is 45.4 Å². The maximum Gasteiger partial charge on any atom is 0.407 e. The Balaban J connectivity index is 2.51. The van der Waals surface area contributed by atoms with Crippen molar-refractivity contribution < 1.29 is 23.8 Å². The van der Waals surface area contributed by atoms with E-state index in [4.69, 9.17) is 9.47 Å². The summed E-state index contributed by atoms with van der Waals surface area (Å²) in [5.74, 6) is -0.422. The lowest BCUT2D eigenvalue weighted by Crippen LogP contribution is -2.42. The van der Waals surface area contributed by atoms with E-state index in [2.05, 4.69) is 10.1 Å². The number of ether oxygens (including phenoxy) is 3. The van der Waals surface area contributed by atoms with Gasteiger partial charge in [-0.2, -0.15) is 0 Å².